The van der Waals surface area contributed by atoms with Crippen LogP contribution in [0, 0.1) is 5.82 Å². The van der Waals surface area contributed by atoms with Gasteiger partial charge in [0.25, 0.3) is 0 Å². The third-order valence-corrected chi connectivity index (χ3v) is 3.63. The molecule has 19 heavy (non-hydrogen) atoms. The Morgan fingerprint density at radius 3 is 2.53 bits per heavy atom. The third-order valence-electron chi connectivity index (χ3n) is 2.27. The van der Waals surface area contributed by atoms with E-state index in [9.17, 15) is 4.39 Å². The number of thiazole rings is 1. The third kappa shape index (κ3) is 3.59. The molecule has 0 unspecified atom stereocenters. The van der Waals surface area contributed by atoms with E-state index in [0.717, 1.165) is 5.13 Å². The summed E-state index contributed by atoms with van der Waals surface area (Å²) in [4.78, 5) is 4.41. The smallest absolute Gasteiger partial charge is 0.183 e. The molecule has 0 spiro atoms. The summed E-state index contributed by atoms with van der Waals surface area (Å²) in [6.45, 7) is 6.13. The van der Waals surface area contributed by atoms with Crippen LogP contribution in [-0.2, 0) is 0 Å². The zero-order valence-electron chi connectivity index (χ0n) is 10.7. The van der Waals surface area contributed by atoms with Gasteiger partial charge in [0.15, 0.2) is 5.13 Å². The quantitative estimate of drug-likeness (QED) is 0.743. The normalized spacial score (nSPS) is 11.7. The first-order valence-corrected chi connectivity index (χ1v) is 7.28. The summed E-state index contributed by atoms with van der Waals surface area (Å²) in [5.74, 6) is -0.501. The van der Waals surface area contributed by atoms with Gasteiger partial charge in [0.1, 0.15) is 5.82 Å². The van der Waals surface area contributed by atoms with E-state index < -0.39 is 5.82 Å². The Kier molecular flexibility index (Phi) is 4.04. The van der Waals surface area contributed by atoms with Crippen molar-refractivity contribution in [1.29, 1.82) is 0 Å². The van der Waals surface area contributed by atoms with E-state index in [4.69, 9.17) is 23.2 Å². The van der Waals surface area contributed by atoms with E-state index >= 15 is 0 Å². The average molecular weight is 319 g/mol. The lowest BCUT2D eigenvalue weighted by molar-refractivity contribution is 0.628. The number of nitrogens with one attached hydrogen (secondary N) is 1. The SMILES string of the molecule is CC(C)(C)Nc1nc(-c2cc(F)c(Cl)cc2Cl)cs1. The van der Waals surface area contributed by atoms with Gasteiger partial charge in [-0.1, -0.05) is 23.2 Å². The summed E-state index contributed by atoms with van der Waals surface area (Å²) in [7, 11) is 0. The molecule has 2 rings (SSSR count). The fourth-order valence-corrected chi connectivity index (χ4v) is 2.89. The molecule has 0 bridgehead atoms. The lowest BCUT2D eigenvalue weighted by atomic mass is 10.1. The van der Waals surface area contributed by atoms with Gasteiger partial charge >= 0.3 is 0 Å². The van der Waals surface area contributed by atoms with Gasteiger partial charge in [0.05, 0.1) is 15.7 Å². The minimum Gasteiger partial charge on any atom is -0.357 e. The van der Waals surface area contributed by atoms with Crippen LogP contribution in [0.25, 0.3) is 11.3 Å². The number of rotatable bonds is 2. The van der Waals surface area contributed by atoms with Gasteiger partial charge in [-0.2, -0.15) is 0 Å². The van der Waals surface area contributed by atoms with Crippen LogP contribution in [0.1, 0.15) is 20.8 Å². The highest BCUT2D eigenvalue weighted by molar-refractivity contribution is 7.14. The van der Waals surface area contributed by atoms with Crippen molar-refractivity contribution >= 4 is 39.7 Å². The average Bonchev–Trinajstić information content (AvgIpc) is 2.69. The van der Waals surface area contributed by atoms with Gasteiger partial charge in [-0.05, 0) is 32.9 Å². The van der Waals surface area contributed by atoms with Crippen LogP contribution in [0.5, 0.6) is 0 Å². The van der Waals surface area contributed by atoms with E-state index in [1.54, 1.807) is 0 Å². The molecule has 1 aromatic heterocycles. The maximum atomic E-state index is 13.5. The molecule has 1 aromatic carbocycles. The maximum Gasteiger partial charge on any atom is 0.183 e. The number of benzene rings is 1. The van der Waals surface area contributed by atoms with Crippen LogP contribution in [0.4, 0.5) is 9.52 Å². The Balaban J connectivity index is 2.36. The first-order valence-electron chi connectivity index (χ1n) is 5.65. The Morgan fingerprint density at radius 1 is 1.21 bits per heavy atom. The van der Waals surface area contributed by atoms with E-state index in [2.05, 4.69) is 10.3 Å². The molecule has 0 aliphatic carbocycles. The second-order valence-corrected chi connectivity index (χ2v) is 6.83. The van der Waals surface area contributed by atoms with Crippen LogP contribution in [0.15, 0.2) is 17.5 Å². The highest BCUT2D eigenvalue weighted by Crippen LogP contribution is 2.34. The van der Waals surface area contributed by atoms with Crippen LogP contribution < -0.4 is 5.32 Å². The van der Waals surface area contributed by atoms with Crippen molar-refractivity contribution < 1.29 is 4.39 Å². The monoisotopic (exact) mass is 318 g/mol. The van der Waals surface area contributed by atoms with E-state index in [-0.39, 0.29) is 10.6 Å². The van der Waals surface area contributed by atoms with Crippen molar-refractivity contribution in [3.05, 3.63) is 33.4 Å². The Bertz CT molecular complexity index is 605. The highest BCUT2D eigenvalue weighted by atomic mass is 35.5. The number of aromatic nitrogens is 1. The van der Waals surface area contributed by atoms with Gasteiger partial charge < -0.3 is 5.32 Å². The first kappa shape index (κ1) is 14.6. The summed E-state index contributed by atoms with van der Waals surface area (Å²) in [5, 5.41) is 6.27. The summed E-state index contributed by atoms with van der Waals surface area (Å²) in [5.41, 5.74) is 1.10. The van der Waals surface area contributed by atoms with E-state index in [1.165, 1.54) is 23.5 Å². The molecule has 0 aliphatic rings. The van der Waals surface area contributed by atoms with Gasteiger partial charge in [-0.15, -0.1) is 11.3 Å². The van der Waals surface area contributed by atoms with Crippen LogP contribution in [-0.4, -0.2) is 10.5 Å². The fourth-order valence-electron chi connectivity index (χ4n) is 1.49. The molecule has 0 aliphatic heterocycles. The molecule has 0 saturated carbocycles. The molecule has 0 radical (unpaired) electrons. The van der Waals surface area contributed by atoms with Crippen LogP contribution in [0.2, 0.25) is 10.0 Å². The standard InChI is InChI=1S/C13H13Cl2FN2S/c1-13(2,3)18-12-17-11(6-19-12)7-4-10(16)9(15)5-8(7)14/h4-6H,1-3H3,(H,17,18). The van der Waals surface area contributed by atoms with Crippen molar-refractivity contribution in [2.24, 2.45) is 0 Å². The van der Waals surface area contributed by atoms with Crippen molar-refractivity contribution in [3.8, 4) is 11.3 Å². The predicted octanol–water partition coefficient (Wildman–Crippen LogP) is 5.47. The molecule has 2 aromatic rings. The van der Waals surface area contributed by atoms with E-state index in [1.807, 2.05) is 26.2 Å². The minimum atomic E-state index is -0.501. The number of nitrogens with zero attached hydrogens (tertiary/aromatic N) is 1. The summed E-state index contributed by atoms with van der Waals surface area (Å²) in [6.07, 6.45) is 0. The molecule has 0 amide bonds. The zero-order valence-corrected chi connectivity index (χ0v) is 13.0. The fraction of sp³-hybridized carbons (Fsp3) is 0.308. The van der Waals surface area contributed by atoms with Crippen LogP contribution in [0.3, 0.4) is 0 Å². The zero-order chi connectivity index (χ0) is 14.2. The Labute approximate surface area is 125 Å². The predicted molar refractivity (Wildman–Crippen MR) is 80.9 cm³/mol. The second kappa shape index (κ2) is 5.27. The topological polar surface area (TPSA) is 24.9 Å². The molecule has 0 fully saturated rings. The van der Waals surface area contributed by atoms with Crippen molar-refractivity contribution in [2.75, 3.05) is 5.32 Å². The lowest BCUT2D eigenvalue weighted by Gasteiger charge is -2.19. The molecule has 0 atom stereocenters. The van der Waals surface area contributed by atoms with Crippen LogP contribution >= 0.6 is 34.5 Å². The van der Waals surface area contributed by atoms with Crippen molar-refractivity contribution in [3.63, 3.8) is 0 Å². The molecule has 102 valence electrons. The summed E-state index contributed by atoms with van der Waals surface area (Å²) >= 11 is 13.2. The minimum absolute atomic E-state index is 0.0111. The van der Waals surface area contributed by atoms with Gasteiger partial charge in [-0.25, -0.2) is 9.37 Å². The van der Waals surface area contributed by atoms with Gasteiger partial charge in [0, 0.05) is 16.5 Å². The molecule has 2 nitrogen and oxygen atoms in total. The largest absolute Gasteiger partial charge is 0.357 e. The number of hydrogen-bond donors (Lipinski definition) is 1. The van der Waals surface area contributed by atoms with Gasteiger partial charge in [-0.3, -0.25) is 0 Å². The second-order valence-electron chi connectivity index (χ2n) is 5.16. The highest BCUT2D eigenvalue weighted by Gasteiger charge is 2.15. The molecular weight excluding hydrogens is 306 g/mol. The lowest BCUT2D eigenvalue weighted by Crippen LogP contribution is -2.25. The maximum absolute atomic E-state index is 13.5. The van der Waals surface area contributed by atoms with E-state index in [0.29, 0.717) is 16.3 Å². The number of hydrogen-bond acceptors (Lipinski definition) is 3. The first-order chi connectivity index (χ1) is 8.76. The molecular formula is C13H13Cl2FN2S. The van der Waals surface area contributed by atoms with Gasteiger partial charge in [0.2, 0.25) is 0 Å². The molecule has 1 heterocycles. The summed E-state index contributed by atoms with van der Waals surface area (Å²) in [6, 6.07) is 2.70. The Hall–Kier alpha value is -0.840. The number of halogens is 3. The summed E-state index contributed by atoms with van der Waals surface area (Å²) < 4.78 is 13.5. The number of anilines is 1. The molecule has 0 saturated heterocycles. The molecule has 6 heteroatoms. The molecule has 1 N–H and O–H groups in total. The van der Waals surface area contributed by atoms with Crippen molar-refractivity contribution in [2.45, 2.75) is 26.3 Å². The van der Waals surface area contributed by atoms with Crippen molar-refractivity contribution in [1.82, 2.24) is 4.98 Å². The Morgan fingerprint density at radius 2 is 1.89 bits per heavy atom.